The molecule has 3 atom stereocenters. The Kier molecular flexibility index (Phi) is 3.64. The van der Waals surface area contributed by atoms with Crippen molar-refractivity contribution in [2.45, 2.75) is 31.7 Å². The minimum absolute atomic E-state index is 0.263. The van der Waals surface area contributed by atoms with E-state index in [2.05, 4.69) is 48.7 Å². The van der Waals surface area contributed by atoms with Gasteiger partial charge in [-0.05, 0) is 53.6 Å². The summed E-state index contributed by atoms with van der Waals surface area (Å²) in [5, 5.41) is 12.9. The molecule has 1 aliphatic heterocycles. The lowest BCUT2D eigenvalue weighted by atomic mass is 9.76. The molecule has 24 heavy (non-hydrogen) atoms. The maximum absolute atomic E-state index is 11.3. The summed E-state index contributed by atoms with van der Waals surface area (Å²) in [6, 6.07) is 14.5. The molecule has 0 bridgehead atoms. The van der Waals surface area contributed by atoms with Gasteiger partial charge in [-0.25, -0.2) is 4.79 Å². The molecule has 2 aliphatic rings. The molecule has 2 aromatic rings. The Morgan fingerprint density at radius 1 is 1.21 bits per heavy atom. The topological polar surface area (TPSA) is 49.3 Å². The minimum atomic E-state index is -0.867. The molecular weight excluding hydrogens is 298 g/mol. The molecule has 3 nitrogen and oxygen atoms in total. The monoisotopic (exact) mass is 319 g/mol. The van der Waals surface area contributed by atoms with Gasteiger partial charge in [0, 0.05) is 11.6 Å². The first-order valence-electron chi connectivity index (χ1n) is 8.56. The molecule has 0 fully saturated rings. The first-order chi connectivity index (χ1) is 11.7. The van der Waals surface area contributed by atoms with E-state index in [1.54, 1.807) is 6.07 Å². The fourth-order valence-electron chi connectivity index (χ4n) is 4.02. The summed E-state index contributed by atoms with van der Waals surface area (Å²) in [5.74, 6) is -0.140. The van der Waals surface area contributed by atoms with E-state index in [1.807, 2.05) is 12.1 Å². The van der Waals surface area contributed by atoms with E-state index < -0.39 is 5.97 Å². The Morgan fingerprint density at radius 3 is 2.71 bits per heavy atom. The second kappa shape index (κ2) is 5.82. The number of anilines is 1. The Balaban J connectivity index is 1.73. The summed E-state index contributed by atoms with van der Waals surface area (Å²) in [6.45, 7) is 2.17. The first kappa shape index (κ1) is 15.0. The van der Waals surface area contributed by atoms with E-state index >= 15 is 0 Å². The number of carboxylic acids is 1. The van der Waals surface area contributed by atoms with Crippen molar-refractivity contribution in [3.63, 3.8) is 0 Å². The van der Waals surface area contributed by atoms with Gasteiger partial charge in [0.15, 0.2) is 0 Å². The van der Waals surface area contributed by atoms with Crippen LogP contribution in [0.3, 0.4) is 0 Å². The first-order valence-corrected chi connectivity index (χ1v) is 8.56. The van der Waals surface area contributed by atoms with Gasteiger partial charge < -0.3 is 10.4 Å². The number of aromatic carboxylic acids is 1. The van der Waals surface area contributed by atoms with Crippen molar-refractivity contribution in [3.8, 4) is 0 Å². The normalized spacial score (nSPS) is 24.1. The number of nitrogens with one attached hydrogen (secondary N) is 1. The van der Waals surface area contributed by atoms with Gasteiger partial charge in [-0.3, -0.25) is 0 Å². The van der Waals surface area contributed by atoms with Gasteiger partial charge in [-0.1, -0.05) is 43.3 Å². The zero-order chi connectivity index (χ0) is 16.7. The van der Waals surface area contributed by atoms with Gasteiger partial charge in [0.1, 0.15) is 0 Å². The van der Waals surface area contributed by atoms with Gasteiger partial charge in [-0.2, -0.15) is 0 Å². The van der Waals surface area contributed by atoms with Crippen LogP contribution in [0.5, 0.6) is 0 Å². The summed E-state index contributed by atoms with van der Waals surface area (Å²) >= 11 is 0. The van der Waals surface area contributed by atoms with Gasteiger partial charge >= 0.3 is 5.97 Å². The number of hydrogen-bond acceptors (Lipinski definition) is 2. The van der Waals surface area contributed by atoms with E-state index in [9.17, 15) is 9.90 Å². The zero-order valence-electron chi connectivity index (χ0n) is 13.7. The molecule has 122 valence electrons. The van der Waals surface area contributed by atoms with Crippen LogP contribution >= 0.6 is 0 Å². The maximum Gasteiger partial charge on any atom is 0.335 e. The summed E-state index contributed by atoms with van der Waals surface area (Å²) < 4.78 is 0. The number of carbonyl (C=O) groups is 1. The number of carboxylic acid groups (broad SMARTS) is 1. The van der Waals surface area contributed by atoms with Crippen LogP contribution in [0, 0.1) is 5.92 Å². The van der Waals surface area contributed by atoms with Crippen molar-refractivity contribution in [3.05, 3.63) is 76.9 Å². The van der Waals surface area contributed by atoms with Gasteiger partial charge in [0.05, 0.1) is 11.6 Å². The SMILES string of the molecule is CCc1ccc([C@@H]2Nc3ccc(C(=O)O)cc3[C@@H]3C=CC[C@H]32)cc1. The van der Waals surface area contributed by atoms with Crippen LogP contribution in [0.1, 0.15) is 52.4 Å². The van der Waals surface area contributed by atoms with Crippen LogP contribution in [-0.2, 0) is 6.42 Å². The van der Waals surface area contributed by atoms with Crippen LogP contribution in [0.25, 0.3) is 0 Å². The van der Waals surface area contributed by atoms with Gasteiger partial charge in [0.2, 0.25) is 0 Å². The Labute approximate surface area is 142 Å². The highest BCUT2D eigenvalue weighted by atomic mass is 16.4. The Hall–Kier alpha value is -2.55. The molecule has 0 saturated carbocycles. The molecule has 4 rings (SSSR count). The number of hydrogen-bond donors (Lipinski definition) is 2. The third-order valence-corrected chi connectivity index (χ3v) is 5.36. The van der Waals surface area contributed by atoms with Gasteiger partial charge in [-0.15, -0.1) is 0 Å². The highest BCUT2D eigenvalue weighted by Gasteiger charge is 2.38. The zero-order valence-corrected chi connectivity index (χ0v) is 13.7. The van der Waals surface area contributed by atoms with Crippen molar-refractivity contribution < 1.29 is 9.90 Å². The lowest BCUT2D eigenvalue weighted by Gasteiger charge is -2.37. The summed E-state index contributed by atoms with van der Waals surface area (Å²) in [4.78, 5) is 11.3. The van der Waals surface area contributed by atoms with E-state index in [1.165, 1.54) is 11.1 Å². The number of benzene rings is 2. The van der Waals surface area contributed by atoms with Gasteiger partial charge in [0.25, 0.3) is 0 Å². The predicted octanol–water partition coefficient (Wildman–Crippen LogP) is 4.77. The van der Waals surface area contributed by atoms with E-state index in [-0.39, 0.29) is 12.0 Å². The second-order valence-electron chi connectivity index (χ2n) is 6.68. The van der Waals surface area contributed by atoms with E-state index in [4.69, 9.17) is 0 Å². The molecule has 1 heterocycles. The highest BCUT2D eigenvalue weighted by Crippen LogP contribution is 2.49. The molecular formula is C21H21NO2. The largest absolute Gasteiger partial charge is 0.478 e. The van der Waals surface area contributed by atoms with Crippen molar-refractivity contribution in [1.82, 2.24) is 0 Å². The van der Waals surface area contributed by atoms with Crippen LogP contribution in [0.2, 0.25) is 0 Å². The molecule has 2 N–H and O–H groups in total. The lowest BCUT2D eigenvalue weighted by Crippen LogP contribution is -2.29. The van der Waals surface area contributed by atoms with Crippen LogP contribution in [0.15, 0.2) is 54.6 Å². The number of fused-ring (bicyclic) bond motifs is 3. The standard InChI is InChI=1S/C21H21NO2/c1-2-13-6-8-14(9-7-13)20-17-5-3-4-16(17)18-12-15(21(23)24)10-11-19(18)22-20/h3-4,6-12,16-17,20,22H,2,5H2,1H3,(H,23,24)/t16-,17-,20+/m1/s1. The van der Waals surface area contributed by atoms with Crippen LogP contribution < -0.4 is 5.32 Å². The fourth-order valence-corrected chi connectivity index (χ4v) is 4.02. The highest BCUT2D eigenvalue weighted by molar-refractivity contribution is 5.89. The molecule has 0 amide bonds. The minimum Gasteiger partial charge on any atom is -0.478 e. The van der Waals surface area contributed by atoms with Crippen molar-refractivity contribution >= 4 is 11.7 Å². The number of rotatable bonds is 3. The Bertz CT molecular complexity index is 807. The Morgan fingerprint density at radius 2 is 2.00 bits per heavy atom. The van der Waals surface area contributed by atoms with E-state index in [0.717, 1.165) is 24.1 Å². The predicted molar refractivity (Wildman–Crippen MR) is 95.6 cm³/mol. The molecule has 0 unspecified atom stereocenters. The fraction of sp³-hybridized carbons (Fsp3) is 0.286. The molecule has 1 aliphatic carbocycles. The molecule has 0 spiro atoms. The average molecular weight is 319 g/mol. The summed E-state index contributed by atoms with van der Waals surface area (Å²) in [6.07, 6.45) is 6.54. The number of allylic oxidation sites excluding steroid dienone is 2. The molecule has 0 saturated heterocycles. The van der Waals surface area contributed by atoms with Crippen molar-refractivity contribution in [1.29, 1.82) is 0 Å². The lowest BCUT2D eigenvalue weighted by molar-refractivity contribution is 0.0696. The van der Waals surface area contributed by atoms with E-state index in [0.29, 0.717) is 11.5 Å². The average Bonchev–Trinajstić information content (AvgIpc) is 3.10. The quantitative estimate of drug-likeness (QED) is 0.801. The smallest absolute Gasteiger partial charge is 0.335 e. The molecule has 3 heteroatoms. The molecule has 0 radical (unpaired) electrons. The molecule has 0 aromatic heterocycles. The van der Waals surface area contributed by atoms with Crippen molar-refractivity contribution in [2.75, 3.05) is 5.32 Å². The second-order valence-corrected chi connectivity index (χ2v) is 6.68. The number of aryl methyl sites for hydroxylation is 1. The van der Waals surface area contributed by atoms with Crippen LogP contribution in [-0.4, -0.2) is 11.1 Å². The summed E-state index contributed by atoms with van der Waals surface area (Å²) in [5.41, 5.74) is 5.17. The van der Waals surface area contributed by atoms with Crippen molar-refractivity contribution in [2.24, 2.45) is 5.92 Å². The summed E-state index contributed by atoms with van der Waals surface area (Å²) in [7, 11) is 0. The third-order valence-electron chi connectivity index (χ3n) is 5.36. The maximum atomic E-state index is 11.3. The van der Waals surface area contributed by atoms with Crippen LogP contribution in [0.4, 0.5) is 5.69 Å². The third kappa shape index (κ3) is 2.41. The molecule has 2 aromatic carbocycles.